The van der Waals surface area contributed by atoms with Gasteiger partial charge in [-0.2, -0.15) is 8.42 Å². The molecule has 2 rings (SSSR count). The first-order valence-electron chi connectivity index (χ1n) is 8.43. The minimum atomic E-state index is -4.32. The molecule has 0 aliphatic heterocycles. The molecule has 0 bridgehead atoms. The third-order valence-corrected chi connectivity index (χ3v) is 5.41. The average Bonchev–Trinajstić information content (AvgIpc) is 2.41. The van der Waals surface area contributed by atoms with Gasteiger partial charge in [-0.05, 0) is 50.8 Å². The van der Waals surface area contributed by atoms with E-state index in [9.17, 15) is 13.0 Å². The third kappa shape index (κ3) is 3.35. The molecule has 0 saturated carbocycles. The van der Waals surface area contributed by atoms with Gasteiger partial charge in [-0.15, -0.1) is 0 Å². The van der Waals surface area contributed by atoms with Crippen LogP contribution in [0, 0.1) is 0 Å². The van der Waals surface area contributed by atoms with Gasteiger partial charge in [-0.3, -0.25) is 4.55 Å². The molecule has 0 aliphatic carbocycles. The van der Waals surface area contributed by atoms with Gasteiger partial charge in [-0.25, -0.2) is 0 Å². The number of benzene rings is 2. The van der Waals surface area contributed by atoms with Crippen LogP contribution in [0.4, 0.5) is 0 Å². The second kappa shape index (κ2) is 6.16. The molecule has 0 radical (unpaired) electrons. The maximum atomic E-state index is 12.2. The number of rotatable bonds is 3. The second-order valence-corrected chi connectivity index (χ2v) is 9.51. The zero-order valence-corrected chi connectivity index (χ0v) is 16.5. The highest BCUT2D eigenvalue weighted by molar-refractivity contribution is 7.86. The van der Waals surface area contributed by atoms with Crippen LogP contribution in [-0.4, -0.2) is 13.0 Å². The number of hydrogen-bond acceptors (Lipinski definition) is 2. The van der Waals surface area contributed by atoms with E-state index in [4.69, 9.17) is 0 Å². The van der Waals surface area contributed by atoms with Crippen molar-refractivity contribution in [2.24, 2.45) is 0 Å². The summed E-state index contributed by atoms with van der Waals surface area (Å²) in [5.74, 6) is 0.325. The quantitative estimate of drug-likeness (QED) is 0.731. The van der Waals surface area contributed by atoms with Gasteiger partial charge in [0, 0.05) is 0 Å². The van der Waals surface area contributed by atoms with Crippen molar-refractivity contribution in [1.82, 2.24) is 0 Å². The summed E-state index contributed by atoms with van der Waals surface area (Å²) >= 11 is 0. The van der Waals surface area contributed by atoms with E-state index >= 15 is 0 Å². The lowest BCUT2D eigenvalue weighted by Crippen LogP contribution is -2.20. The van der Waals surface area contributed by atoms with Gasteiger partial charge in [0.2, 0.25) is 0 Å². The lowest BCUT2D eigenvalue weighted by Gasteiger charge is -2.28. The van der Waals surface area contributed by atoms with Gasteiger partial charge in [-0.1, -0.05) is 66.7 Å². The third-order valence-electron chi connectivity index (χ3n) is 4.45. The topological polar surface area (TPSA) is 54.4 Å². The molecular formula is C20H28O3S. The molecule has 0 aromatic heterocycles. The molecule has 2 aromatic carbocycles. The van der Waals surface area contributed by atoms with Crippen molar-refractivity contribution in [1.29, 1.82) is 0 Å². The minimum Gasteiger partial charge on any atom is -0.282 e. The van der Waals surface area contributed by atoms with Crippen LogP contribution in [-0.2, 0) is 15.5 Å². The van der Waals surface area contributed by atoms with Crippen LogP contribution in [0.1, 0.15) is 77.0 Å². The van der Waals surface area contributed by atoms with E-state index < -0.39 is 15.5 Å². The summed E-state index contributed by atoms with van der Waals surface area (Å²) in [6.07, 6.45) is 0. The van der Waals surface area contributed by atoms with E-state index in [0.717, 1.165) is 10.8 Å². The molecule has 1 N–H and O–H groups in total. The molecule has 3 nitrogen and oxygen atoms in total. The van der Waals surface area contributed by atoms with Crippen molar-refractivity contribution in [3.05, 3.63) is 41.0 Å². The molecule has 24 heavy (non-hydrogen) atoms. The molecule has 2 aromatic rings. The molecule has 0 fully saturated rings. The van der Waals surface area contributed by atoms with E-state index in [1.807, 2.05) is 52.8 Å². The van der Waals surface area contributed by atoms with Gasteiger partial charge in [0.05, 0.1) is 0 Å². The first-order chi connectivity index (χ1) is 10.9. The smallest absolute Gasteiger partial charge is 0.282 e. The predicted octanol–water partition coefficient (Wildman–Crippen LogP) is 5.63. The van der Waals surface area contributed by atoms with Gasteiger partial charge < -0.3 is 0 Å². The molecule has 0 amide bonds. The fourth-order valence-corrected chi connectivity index (χ4v) is 4.67. The second-order valence-electron chi connectivity index (χ2n) is 8.15. The number of hydrogen-bond donors (Lipinski definition) is 1. The summed E-state index contributed by atoms with van der Waals surface area (Å²) < 4.78 is 34.5. The Hall–Kier alpha value is -1.39. The minimum absolute atomic E-state index is 0.00681. The van der Waals surface area contributed by atoms with Crippen molar-refractivity contribution in [3.8, 4) is 0 Å². The van der Waals surface area contributed by atoms with Crippen LogP contribution < -0.4 is 0 Å². The first kappa shape index (κ1) is 18.9. The standard InChI is InChI=1S/C20H28O3S/c1-12(2)14-9-8-10-15-17(14)11-16(13(3)4)19(24(21,22)23)18(15)20(5,6)7/h8-13H,1-7H3,(H,21,22,23). The van der Waals surface area contributed by atoms with Crippen LogP contribution in [0.2, 0.25) is 0 Å². The Kier molecular flexibility index (Phi) is 4.86. The van der Waals surface area contributed by atoms with Crippen LogP contribution in [0.25, 0.3) is 10.8 Å². The van der Waals surface area contributed by atoms with Crippen molar-refractivity contribution < 1.29 is 13.0 Å². The zero-order chi connectivity index (χ0) is 18.4. The van der Waals surface area contributed by atoms with Gasteiger partial charge in [0.15, 0.2) is 0 Å². The molecular weight excluding hydrogens is 320 g/mol. The highest BCUT2D eigenvalue weighted by Gasteiger charge is 2.31. The van der Waals surface area contributed by atoms with Crippen LogP contribution in [0.15, 0.2) is 29.2 Å². The summed E-state index contributed by atoms with van der Waals surface area (Å²) in [4.78, 5) is 0.0819. The highest BCUT2D eigenvalue weighted by Crippen LogP contribution is 2.41. The van der Waals surface area contributed by atoms with Crippen LogP contribution in [0.3, 0.4) is 0 Å². The number of fused-ring (bicyclic) bond motifs is 1. The summed E-state index contributed by atoms with van der Waals surface area (Å²) in [5.41, 5.74) is 2.17. The fraction of sp³-hybridized carbons (Fsp3) is 0.500. The van der Waals surface area contributed by atoms with E-state index in [1.165, 1.54) is 5.56 Å². The Morgan fingerprint density at radius 3 is 1.88 bits per heavy atom. The molecule has 0 unspecified atom stereocenters. The molecule has 0 heterocycles. The maximum absolute atomic E-state index is 12.2. The molecule has 0 spiro atoms. The SMILES string of the molecule is CC(C)c1cc2c(C(C)C)cccc2c(C(C)(C)C)c1S(=O)(=O)O. The molecule has 4 heteroatoms. The molecule has 0 saturated heterocycles. The Balaban J connectivity index is 3.18. The lowest BCUT2D eigenvalue weighted by atomic mass is 9.79. The predicted molar refractivity (Wildman–Crippen MR) is 101 cm³/mol. The van der Waals surface area contributed by atoms with E-state index in [-0.39, 0.29) is 10.8 Å². The summed E-state index contributed by atoms with van der Waals surface area (Å²) in [6, 6.07) is 7.97. The van der Waals surface area contributed by atoms with Gasteiger partial charge >= 0.3 is 0 Å². The maximum Gasteiger partial charge on any atom is 0.295 e. The Bertz CT molecular complexity index is 870. The van der Waals surface area contributed by atoms with Crippen molar-refractivity contribution in [3.63, 3.8) is 0 Å². The van der Waals surface area contributed by atoms with Gasteiger partial charge in [0.1, 0.15) is 4.90 Å². The average molecular weight is 349 g/mol. The van der Waals surface area contributed by atoms with Gasteiger partial charge in [0.25, 0.3) is 10.1 Å². The van der Waals surface area contributed by atoms with E-state index in [2.05, 4.69) is 19.9 Å². The highest BCUT2D eigenvalue weighted by atomic mass is 32.2. The summed E-state index contributed by atoms with van der Waals surface area (Å²) in [7, 11) is -4.32. The summed E-state index contributed by atoms with van der Waals surface area (Å²) in [6.45, 7) is 14.2. The van der Waals surface area contributed by atoms with Crippen molar-refractivity contribution in [2.75, 3.05) is 0 Å². The summed E-state index contributed by atoms with van der Waals surface area (Å²) in [5, 5.41) is 1.99. The Labute approximate surface area is 145 Å². The normalized spacial score (nSPS) is 13.2. The van der Waals surface area contributed by atoms with Crippen LogP contribution in [0.5, 0.6) is 0 Å². The molecule has 0 aliphatic rings. The molecule has 0 atom stereocenters. The Morgan fingerprint density at radius 2 is 1.46 bits per heavy atom. The van der Waals surface area contributed by atoms with Crippen LogP contribution >= 0.6 is 0 Å². The molecule has 132 valence electrons. The van der Waals surface area contributed by atoms with E-state index in [0.29, 0.717) is 17.0 Å². The van der Waals surface area contributed by atoms with Crippen molar-refractivity contribution >= 4 is 20.9 Å². The van der Waals surface area contributed by atoms with E-state index in [1.54, 1.807) is 0 Å². The first-order valence-corrected chi connectivity index (χ1v) is 9.87. The monoisotopic (exact) mass is 348 g/mol. The lowest BCUT2D eigenvalue weighted by molar-refractivity contribution is 0.474. The van der Waals surface area contributed by atoms with Crippen molar-refractivity contribution in [2.45, 2.75) is 70.6 Å². The fourth-order valence-electron chi connectivity index (χ4n) is 3.40. The largest absolute Gasteiger partial charge is 0.295 e. The zero-order valence-electron chi connectivity index (χ0n) is 15.6. The Morgan fingerprint density at radius 1 is 0.917 bits per heavy atom.